The molecule has 93 heavy (non-hydrogen) atoms. The maximum atomic E-state index is 13.1. The summed E-state index contributed by atoms with van der Waals surface area (Å²) in [6, 6.07) is 0. The molecule has 0 aliphatic carbocycles. The molecule has 0 radical (unpaired) electrons. The minimum Gasteiger partial charge on any atom is -0.462 e. The van der Waals surface area contributed by atoms with Crippen LogP contribution in [0.4, 0.5) is 0 Å². The number of carbonyl (C=O) groups excluding carboxylic acids is 4. The van der Waals surface area contributed by atoms with Gasteiger partial charge in [-0.3, -0.25) is 37.3 Å². The van der Waals surface area contributed by atoms with Crippen LogP contribution in [0.1, 0.15) is 382 Å². The SMILES string of the molecule is CCCCCCCCCCCCCCCCCCCC(=O)O[C@H](COC(=O)CCCCCCCCCCCCCCCCCC)COP(=O)(O)OC[C@@H](O)COP(=O)(O)OC[C@@H](COC(=O)CCCCCCCCCC(C)C)OC(=O)CCCCCCCCCC(C)C. The van der Waals surface area contributed by atoms with Crippen molar-refractivity contribution < 1.29 is 80.2 Å². The largest absolute Gasteiger partial charge is 0.472 e. The van der Waals surface area contributed by atoms with Crippen molar-refractivity contribution >= 4 is 39.5 Å². The van der Waals surface area contributed by atoms with Gasteiger partial charge in [0.1, 0.15) is 19.3 Å². The van der Waals surface area contributed by atoms with Crippen LogP contribution in [-0.2, 0) is 65.4 Å². The predicted octanol–water partition coefficient (Wildman–Crippen LogP) is 21.6. The molecule has 0 aliphatic rings. The standard InChI is InChI=1S/C74H144O17P2/c1-7-9-11-13-15-17-19-21-23-25-27-29-31-33-39-46-52-58-73(78)90-69(62-84-71(76)56-50-44-38-32-30-28-26-24-22-20-18-16-14-12-10-8-2)64-88-92(80,81)86-60-68(75)61-87-93(82,83)89-65-70(91-74(79)59-53-47-41-35-37-43-49-55-67(5)6)63-85-72(77)57-51-45-40-34-36-42-48-54-66(3)4/h66-70,75H,7-65H2,1-6H3,(H,80,81)(H,82,83)/t68-,69-,70-/m1/s1. The van der Waals surface area contributed by atoms with Crippen molar-refractivity contribution in [2.24, 2.45) is 11.8 Å². The molecule has 3 N–H and O–H groups in total. The van der Waals surface area contributed by atoms with Gasteiger partial charge in [-0.15, -0.1) is 0 Å². The molecule has 0 saturated carbocycles. The Morgan fingerprint density at radius 1 is 0.290 bits per heavy atom. The molecule has 0 saturated heterocycles. The number of phosphoric acid groups is 2. The summed E-state index contributed by atoms with van der Waals surface area (Å²) in [7, 11) is -9.91. The highest BCUT2D eigenvalue weighted by molar-refractivity contribution is 7.47. The highest BCUT2D eigenvalue weighted by Gasteiger charge is 2.30. The van der Waals surface area contributed by atoms with Gasteiger partial charge in [-0.2, -0.15) is 0 Å². The van der Waals surface area contributed by atoms with Gasteiger partial charge in [0.15, 0.2) is 12.2 Å². The molecule has 0 aliphatic heterocycles. The molecule has 0 amide bonds. The van der Waals surface area contributed by atoms with E-state index in [1.165, 1.54) is 193 Å². The molecule has 552 valence electrons. The maximum Gasteiger partial charge on any atom is 0.472 e. The molecule has 2 unspecified atom stereocenters. The Hall–Kier alpha value is -1.94. The summed E-state index contributed by atoms with van der Waals surface area (Å²) in [5, 5.41) is 10.6. The van der Waals surface area contributed by atoms with Crippen LogP contribution >= 0.6 is 15.6 Å². The van der Waals surface area contributed by atoms with E-state index >= 15 is 0 Å². The number of rotatable bonds is 73. The highest BCUT2D eigenvalue weighted by atomic mass is 31.2. The number of carbonyl (C=O) groups is 4. The van der Waals surface area contributed by atoms with Crippen LogP contribution in [0.3, 0.4) is 0 Å². The Morgan fingerprint density at radius 3 is 0.731 bits per heavy atom. The average Bonchev–Trinajstić information content (AvgIpc) is 1.94. The lowest BCUT2D eigenvalue weighted by molar-refractivity contribution is -0.161. The summed E-state index contributed by atoms with van der Waals surface area (Å²) in [5.41, 5.74) is 0. The van der Waals surface area contributed by atoms with Crippen molar-refractivity contribution in [1.82, 2.24) is 0 Å². The number of hydrogen-bond acceptors (Lipinski definition) is 15. The van der Waals surface area contributed by atoms with E-state index in [9.17, 15) is 43.2 Å². The van der Waals surface area contributed by atoms with Gasteiger partial charge in [0.2, 0.25) is 0 Å². The number of ether oxygens (including phenoxy) is 4. The predicted molar refractivity (Wildman–Crippen MR) is 377 cm³/mol. The molecule has 0 aromatic carbocycles. The summed E-state index contributed by atoms with van der Waals surface area (Å²) in [6.07, 6.45) is 52.9. The van der Waals surface area contributed by atoms with Gasteiger partial charge in [-0.25, -0.2) is 9.13 Å². The summed E-state index contributed by atoms with van der Waals surface area (Å²) in [4.78, 5) is 72.7. The minimum atomic E-state index is -4.96. The van der Waals surface area contributed by atoms with Crippen LogP contribution in [0.15, 0.2) is 0 Å². The normalized spacial score (nSPS) is 14.1. The third-order valence-corrected chi connectivity index (χ3v) is 19.1. The molecule has 17 nitrogen and oxygen atoms in total. The number of aliphatic hydroxyl groups excluding tert-OH is 1. The average molecular weight is 1370 g/mol. The van der Waals surface area contributed by atoms with Gasteiger partial charge in [0, 0.05) is 25.7 Å². The topological polar surface area (TPSA) is 237 Å². The molecule has 0 rings (SSSR count). The lowest BCUT2D eigenvalue weighted by Crippen LogP contribution is -2.30. The van der Waals surface area contributed by atoms with Crippen LogP contribution in [0.5, 0.6) is 0 Å². The monoisotopic (exact) mass is 1370 g/mol. The fourth-order valence-electron chi connectivity index (χ4n) is 11.3. The number of aliphatic hydroxyl groups is 1. The second kappa shape index (κ2) is 66.0. The van der Waals surface area contributed by atoms with Gasteiger partial charge in [-0.1, -0.05) is 330 Å². The lowest BCUT2D eigenvalue weighted by atomic mass is 10.0. The van der Waals surface area contributed by atoms with Crippen molar-refractivity contribution in [2.45, 2.75) is 400 Å². The Balaban J connectivity index is 5.22. The molecule has 0 aromatic rings. The van der Waals surface area contributed by atoms with E-state index in [0.717, 1.165) is 96.3 Å². The Labute approximate surface area is 568 Å². The molecule has 0 bridgehead atoms. The van der Waals surface area contributed by atoms with Crippen LogP contribution in [0, 0.1) is 11.8 Å². The fraction of sp³-hybridized carbons (Fsp3) is 0.946. The zero-order valence-electron chi connectivity index (χ0n) is 60.6. The van der Waals surface area contributed by atoms with Crippen LogP contribution in [0.2, 0.25) is 0 Å². The third kappa shape index (κ3) is 68.4. The molecular weight excluding hydrogens is 1220 g/mol. The summed E-state index contributed by atoms with van der Waals surface area (Å²) in [5.74, 6) is -0.720. The summed E-state index contributed by atoms with van der Waals surface area (Å²) < 4.78 is 68.4. The summed E-state index contributed by atoms with van der Waals surface area (Å²) >= 11 is 0. The first-order chi connectivity index (χ1) is 44.9. The van der Waals surface area contributed by atoms with E-state index in [1.54, 1.807) is 0 Å². The number of hydrogen-bond donors (Lipinski definition) is 3. The van der Waals surface area contributed by atoms with E-state index in [1.807, 2.05) is 0 Å². The minimum absolute atomic E-state index is 0.103. The van der Waals surface area contributed by atoms with Crippen molar-refractivity contribution in [2.75, 3.05) is 39.6 Å². The first kappa shape index (κ1) is 91.1. The summed E-state index contributed by atoms with van der Waals surface area (Å²) in [6.45, 7) is 9.46. The van der Waals surface area contributed by atoms with E-state index in [4.69, 9.17) is 37.0 Å². The lowest BCUT2D eigenvalue weighted by Gasteiger charge is -2.21. The van der Waals surface area contributed by atoms with Gasteiger partial charge in [0.05, 0.1) is 26.4 Å². The van der Waals surface area contributed by atoms with E-state index in [-0.39, 0.29) is 25.7 Å². The van der Waals surface area contributed by atoms with Crippen molar-refractivity contribution in [1.29, 1.82) is 0 Å². The second-order valence-electron chi connectivity index (χ2n) is 27.6. The third-order valence-electron chi connectivity index (χ3n) is 17.2. The molecule has 0 aromatic heterocycles. The van der Waals surface area contributed by atoms with Crippen LogP contribution in [0.25, 0.3) is 0 Å². The zero-order chi connectivity index (χ0) is 68.6. The quantitative estimate of drug-likeness (QED) is 0.0222. The maximum absolute atomic E-state index is 13.1. The van der Waals surface area contributed by atoms with Crippen LogP contribution in [-0.4, -0.2) is 96.7 Å². The van der Waals surface area contributed by atoms with Gasteiger partial charge in [0.25, 0.3) is 0 Å². The number of esters is 4. The fourth-order valence-corrected chi connectivity index (χ4v) is 12.9. The van der Waals surface area contributed by atoms with Gasteiger partial charge in [-0.05, 0) is 37.5 Å². The smallest absolute Gasteiger partial charge is 0.462 e. The first-order valence-corrected chi connectivity index (χ1v) is 41.5. The Morgan fingerprint density at radius 2 is 0.495 bits per heavy atom. The van der Waals surface area contributed by atoms with Gasteiger partial charge < -0.3 is 33.8 Å². The van der Waals surface area contributed by atoms with Gasteiger partial charge >= 0.3 is 39.5 Å². The molecule has 0 spiro atoms. The van der Waals surface area contributed by atoms with E-state index < -0.39 is 97.5 Å². The van der Waals surface area contributed by atoms with E-state index in [2.05, 4.69) is 41.5 Å². The highest BCUT2D eigenvalue weighted by Crippen LogP contribution is 2.45. The number of unbranched alkanes of at least 4 members (excludes halogenated alkanes) is 43. The number of phosphoric ester groups is 2. The molecule has 19 heteroatoms. The molecular formula is C74H144O17P2. The zero-order valence-corrected chi connectivity index (χ0v) is 62.3. The molecule has 5 atom stereocenters. The Bertz CT molecular complexity index is 1800. The molecule has 0 heterocycles. The van der Waals surface area contributed by atoms with Crippen LogP contribution < -0.4 is 0 Å². The second-order valence-corrected chi connectivity index (χ2v) is 30.5. The molecule has 0 fully saturated rings. The first-order valence-electron chi connectivity index (χ1n) is 38.5. The van der Waals surface area contributed by atoms with E-state index in [0.29, 0.717) is 37.5 Å². The Kier molecular flexibility index (Phi) is 64.6. The van der Waals surface area contributed by atoms with Crippen molar-refractivity contribution in [3.8, 4) is 0 Å². The van der Waals surface area contributed by atoms with Crippen molar-refractivity contribution in [3.05, 3.63) is 0 Å². The van der Waals surface area contributed by atoms with Crippen molar-refractivity contribution in [3.63, 3.8) is 0 Å².